The van der Waals surface area contributed by atoms with Gasteiger partial charge in [-0.05, 0) is 47.4 Å². The number of ether oxygens (including phenoxy) is 1. The number of hydrogen-bond donors (Lipinski definition) is 0. The smallest absolute Gasteiger partial charge is 0.147 e. The van der Waals surface area contributed by atoms with Crippen LogP contribution >= 0.6 is 11.8 Å². The molecule has 0 aromatic heterocycles. The van der Waals surface area contributed by atoms with Crippen molar-refractivity contribution in [3.05, 3.63) is 64.7 Å². The van der Waals surface area contributed by atoms with E-state index in [-0.39, 0.29) is 5.82 Å². The Morgan fingerprint density at radius 2 is 2.10 bits per heavy atom. The fraction of sp³-hybridized carbons (Fsp3) is 0.235. The molecule has 0 saturated heterocycles. The Labute approximate surface area is 127 Å². The maximum atomic E-state index is 13.1. The molecule has 0 N–H and O–H groups in total. The zero-order chi connectivity index (χ0) is 14.8. The molecule has 0 saturated carbocycles. The molecule has 0 bridgehead atoms. The molecule has 0 amide bonds. The van der Waals surface area contributed by atoms with Gasteiger partial charge in [0.25, 0.3) is 0 Å². The van der Waals surface area contributed by atoms with Crippen molar-refractivity contribution >= 4 is 23.6 Å². The fourth-order valence-corrected chi connectivity index (χ4v) is 3.89. The highest BCUT2D eigenvalue weighted by molar-refractivity contribution is 8.00. The molecule has 0 spiro atoms. The largest absolute Gasteiger partial charge is 0.497 e. The molecular formula is C17H15FO2S. The van der Waals surface area contributed by atoms with Gasteiger partial charge in [-0.25, -0.2) is 4.39 Å². The fourth-order valence-electron chi connectivity index (χ4n) is 2.70. The molecule has 3 rings (SSSR count). The molecular weight excluding hydrogens is 287 g/mol. The number of thioether (sulfide) groups is 1. The minimum atomic E-state index is -0.274. The number of rotatable bonds is 3. The van der Waals surface area contributed by atoms with Crippen LogP contribution in [0.5, 0.6) is 0 Å². The predicted octanol–water partition coefficient (Wildman–Crippen LogP) is 3.75. The molecule has 4 heteroatoms. The van der Waals surface area contributed by atoms with E-state index < -0.39 is 0 Å². The summed E-state index contributed by atoms with van der Waals surface area (Å²) in [6, 6.07) is 6.32. The lowest BCUT2D eigenvalue weighted by Gasteiger charge is -2.30. The second kappa shape index (κ2) is 5.90. The predicted molar refractivity (Wildman–Crippen MR) is 83.4 cm³/mol. The van der Waals surface area contributed by atoms with E-state index in [0.717, 1.165) is 40.7 Å². The monoisotopic (exact) mass is 302 g/mol. The van der Waals surface area contributed by atoms with Gasteiger partial charge in [0.1, 0.15) is 17.9 Å². The lowest BCUT2D eigenvalue weighted by molar-refractivity contribution is -0.104. The van der Waals surface area contributed by atoms with Crippen molar-refractivity contribution in [1.29, 1.82) is 0 Å². The van der Waals surface area contributed by atoms with Gasteiger partial charge in [0.2, 0.25) is 0 Å². The van der Waals surface area contributed by atoms with Crippen molar-refractivity contribution in [3.8, 4) is 0 Å². The minimum absolute atomic E-state index is 0.274. The van der Waals surface area contributed by atoms with Crippen molar-refractivity contribution in [2.75, 3.05) is 12.9 Å². The lowest BCUT2D eigenvalue weighted by atomic mass is 9.87. The summed E-state index contributed by atoms with van der Waals surface area (Å²) in [6.07, 6.45) is 5.85. The SMILES string of the molecule is COC1=CCC2SCC(C=O)=C(c3ccc(F)cc3)C2=C1. The zero-order valence-corrected chi connectivity index (χ0v) is 12.5. The van der Waals surface area contributed by atoms with Crippen LogP contribution in [0.1, 0.15) is 12.0 Å². The summed E-state index contributed by atoms with van der Waals surface area (Å²) in [6.45, 7) is 0. The van der Waals surface area contributed by atoms with Crippen molar-refractivity contribution in [2.45, 2.75) is 11.7 Å². The first-order chi connectivity index (χ1) is 10.2. The van der Waals surface area contributed by atoms with Crippen molar-refractivity contribution in [1.82, 2.24) is 0 Å². The molecule has 108 valence electrons. The second-order valence-corrected chi connectivity index (χ2v) is 6.16. The van der Waals surface area contributed by atoms with E-state index in [0.29, 0.717) is 11.0 Å². The number of aldehydes is 1. The Balaban J connectivity index is 2.13. The average molecular weight is 302 g/mol. The first kappa shape index (κ1) is 14.1. The molecule has 2 aliphatic rings. The quantitative estimate of drug-likeness (QED) is 0.795. The summed E-state index contributed by atoms with van der Waals surface area (Å²) in [5, 5.41) is 0.327. The highest BCUT2D eigenvalue weighted by atomic mass is 32.2. The summed E-state index contributed by atoms with van der Waals surface area (Å²) in [5.74, 6) is 1.23. The maximum Gasteiger partial charge on any atom is 0.147 e. The molecule has 1 aliphatic heterocycles. The average Bonchev–Trinajstić information content (AvgIpc) is 2.54. The van der Waals surface area contributed by atoms with E-state index >= 15 is 0 Å². The van der Waals surface area contributed by atoms with Crippen LogP contribution in [0.4, 0.5) is 4.39 Å². The molecule has 21 heavy (non-hydrogen) atoms. The molecule has 1 aromatic rings. The van der Waals surface area contributed by atoms with E-state index in [1.54, 1.807) is 31.0 Å². The molecule has 2 nitrogen and oxygen atoms in total. The van der Waals surface area contributed by atoms with Gasteiger partial charge in [0.05, 0.1) is 7.11 Å². The number of hydrogen-bond acceptors (Lipinski definition) is 3. The van der Waals surface area contributed by atoms with Gasteiger partial charge in [0.15, 0.2) is 0 Å². The van der Waals surface area contributed by atoms with E-state index in [2.05, 4.69) is 6.08 Å². The van der Waals surface area contributed by atoms with Gasteiger partial charge in [-0.3, -0.25) is 4.79 Å². The Morgan fingerprint density at radius 1 is 1.33 bits per heavy atom. The van der Waals surface area contributed by atoms with Crippen LogP contribution in [-0.2, 0) is 9.53 Å². The van der Waals surface area contributed by atoms with Crippen LogP contribution in [0.3, 0.4) is 0 Å². The van der Waals surface area contributed by atoms with Crippen LogP contribution < -0.4 is 0 Å². The number of benzene rings is 1. The van der Waals surface area contributed by atoms with Crippen molar-refractivity contribution in [3.63, 3.8) is 0 Å². The third-order valence-corrected chi connectivity index (χ3v) is 5.06. The zero-order valence-electron chi connectivity index (χ0n) is 11.6. The summed E-state index contributed by atoms with van der Waals surface area (Å²) in [5.41, 5.74) is 3.66. The third-order valence-electron chi connectivity index (χ3n) is 3.74. The minimum Gasteiger partial charge on any atom is -0.497 e. The number of carbonyl (C=O) groups is 1. The van der Waals surface area contributed by atoms with Crippen LogP contribution in [-0.4, -0.2) is 24.4 Å². The molecule has 1 aromatic carbocycles. The van der Waals surface area contributed by atoms with Crippen LogP contribution in [0.25, 0.3) is 5.57 Å². The Hall–Kier alpha value is -1.81. The Kier molecular flexibility index (Phi) is 3.97. The van der Waals surface area contributed by atoms with E-state index in [9.17, 15) is 9.18 Å². The molecule has 0 fully saturated rings. The number of fused-ring (bicyclic) bond motifs is 1. The summed E-state index contributed by atoms with van der Waals surface area (Å²) < 4.78 is 18.5. The first-order valence-electron chi connectivity index (χ1n) is 6.75. The molecule has 1 atom stereocenters. The topological polar surface area (TPSA) is 26.3 Å². The van der Waals surface area contributed by atoms with E-state index in [1.807, 2.05) is 6.08 Å². The highest BCUT2D eigenvalue weighted by Crippen LogP contribution is 2.43. The van der Waals surface area contributed by atoms with Gasteiger partial charge in [0, 0.05) is 16.6 Å². The van der Waals surface area contributed by atoms with Crippen LogP contribution in [0, 0.1) is 5.82 Å². The van der Waals surface area contributed by atoms with E-state index in [1.165, 1.54) is 12.1 Å². The summed E-state index contributed by atoms with van der Waals surface area (Å²) in [7, 11) is 1.64. The van der Waals surface area contributed by atoms with Crippen molar-refractivity contribution in [2.24, 2.45) is 0 Å². The number of methoxy groups -OCH3 is 1. The Morgan fingerprint density at radius 3 is 2.76 bits per heavy atom. The van der Waals surface area contributed by atoms with Gasteiger partial charge >= 0.3 is 0 Å². The van der Waals surface area contributed by atoms with Gasteiger partial charge in [-0.1, -0.05) is 12.1 Å². The molecule has 0 radical (unpaired) electrons. The Bertz CT molecular complexity index is 656. The van der Waals surface area contributed by atoms with Crippen LogP contribution in [0.2, 0.25) is 0 Å². The van der Waals surface area contributed by atoms with Gasteiger partial charge in [-0.2, -0.15) is 0 Å². The maximum absolute atomic E-state index is 13.1. The van der Waals surface area contributed by atoms with Gasteiger partial charge in [-0.15, -0.1) is 11.8 Å². The van der Waals surface area contributed by atoms with Crippen LogP contribution in [0.15, 0.2) is 53.3 Å². The number of halogens is 1. The normalized spacial score (nSPS) is 21.3. The molecule has 1 heterocycles. The van der Waals surface area contributed by atoms with E-state index in [4.69, 9.17) is 4.74 Å². The van der Waals surface area contributed by atoms with Gasteiger partial charge < -0.3 is 4.74 Å². The summed E-state index contributed by atoms with van der Waals surface area (Å²) in [4.78, 5) is 11.4. The molecule has 1 unspecified atom stereocenters. The standard InChI is InChI=1S/C17H15FO2S/c1-20-14-6-7-16-15(8-14)17(12(9-19)10-21-16)11-2-4-13(18)5-3-11/h2-6,8-9,16H,7,10H2,1H3. The third kappa shape index (κ3) is 2.68. The van der Waals surface area contributed by atoms with Crippen molar-refractivity contribution < 1.29 is 13.9 Å². The first-order valence-corrected chi connectivity index (χ1v) is 7.79. The second-order valence-electron chi connectivity index (χ2n) is 4.97. The lowest BCUT2D eigenvalue weighted by Crippen LogP contribution is -2.19. The summed E-state index contributed by atoms with van der Waals surface area (Å²) >= 11 is 1.76. The number of allylic oxidation sites excluding steroid dienone is 3. The molecule has 1 aliphatic carbocycles. The highest BCUT2D eigenvalue weighted by Gasteiger charge is 2.29. The number of carbonyl (C=O) groups excluding carboxylic acids is 1.